The van der Waals surface area contributed by atoms with Gasteiger partial charge < -0.3 is 15.3 Å². The summed E-state index contributed by atoms with van der Waals surface area (Å²) >= 11 is 0. The van der Waals surface area contributed by atoms with Crippen LogP contribution in [0.25, 0.3) is 0 Å². The summed E-state index contributed by atoms with van der Waals surface area (Å²) in [5.74, 6) is -0.829. The zero-order valence-electron chi connectivity index (χ0n) is 5.66. The smallest absolute Gasteiger partial charge is 0.307 e. The number of aliphatic hydroxyl groups is 2. The number of hydrogen-bond acceptors (Lipinski definition) is 3. The molecular weight excluding hydrogens is 136 g/mol. The van der Waals surface area contributed by atoms with Gasteiger partial charge in [0.25, 0.3) is 0 Å². The number of carbonyl (C=O) groups is 1. The van der Waals surface area contributed by atoms with Crippen molar-refractivity contribution in [2.45, 2.75) is 6.42 Å². The van der Waals surface area contributed by atoms with Crippen molar-refractivity contribution in [3.8, 4) is 0 Å². The second kappa shape index (κ2) is 11.0. The van der Waals surface area contributed by atoms with Crippen molar-refractivity contribution in [3.63, 3.8) is 0 Å². The minimum absolute atomic E-state index is 0.0556. The van der Waals surface area contributed by atoms with Crippen LogP contribution in [0.2, 0.25) is 0 Å². The predicted octanol–water partition coefficient (Wildman–Crippen LogP) is -0.382. The molecule has 3 N–H and O–H groups in total. The Morgan fingerprint density at radius 3 is 1.80 bits per heavy atom. The lowest BCUT2D eigenvalue weighted by atomic mass is 10.4. The third kappa shape index (κ3) is 27.3. The third-order valence-electron chi connectivity index (χ3n) is 0.419. The molecule has 4 nitrogen and oxygen atoms in total. The molecule has 4 heteroatoms. The molecule has 0 saturated heterocycles. The van der Waals surface area contributed by atoms with Crippen LogP contribution in [0.1, 0.15) is 6.42 Å². The Bertz CT molecular complexity index is 87.7. The van der Waals surface area contributed by atoms with Gasteiger partial charge in [0, 0.05) is 0 Å². The number of rotatable bonds is 3. The number of carboxylic acids is 1. The minimum Gasteiger partial charge on any atom is -0.481 e. The molecule has 0 rings (SSSR count). The van der Waals surface area contributed by atoms with Crippen LogP contribution in [0.15, 0.2) is 12.7 Å². The summed E-state index contributed by atoms with van der Waals surface area (Å²) in [6, 6.07) is 0. The molecule has 0 saturated carbocycles. The predicted molar refractivity (Wildman–Crippen MR) is 36.6 cm³/mol. The van der Waals surface area contributed by atoms with Crippen molar-refractivity contribution in [2.75, 3.05) is 13.2 Å². The Morgan fingerprint density at radius 2 is 1.80 bits per heavy atom. The van der Waals surface area contributed by atoms with Gasteiger partial charge in [-0.25, -0.2) is 0 Å². The monoisotopic (exact) mass is 148 g/mol. The summed E-state index contributed by atoms with van der Waals surface area (Å²) in [5.41, 5.74) is 0. The number of aliphatic hydroxyl groups excluding tert-OH is 2. The lowest BCUT2D eigenvalue weighted by Crippen LogP contribution is -1.88. The van der Waals surface area contributed by atoms with Gasteiger partial charge in [0.1, 0.15) is 0 Å². The van der Waals surface area contributed by atoms with Crippen molar-refractivity contribution in [1.82, 2.24) is 0 Å². The van der Waals surface area contributed by atoms with E-state index in [0.29, 0.717) is 0 Å². The van der Waals surface area contributed by atoms with Gasteiger partial charge in [-0.3, -0.25) is 4.79 Å². The van der Waals surface area contributed by atoms with E-state index in [2.05, 4.69) is 6.58 Å². The van der Waals surface area contributed by atoms with Crippen LogP contribution in [0, 0.1) is 0 Å². The standard InChI is InChI=1S/C4H6O2.C2H6O2/c1-2-3-4(5)6;3-1-2-4/h2H,1,3H2,(H,5,6);3-4H,1-2H2. The Balaban J connectivity index is 0. The molecule has 0 bridgehead atoms. The van der Waals surface area contributed by atoms with Crippen LogP contribution in [-0.2, 0) is 4.79 Å². The molecule has 0 aliphatic carbocycles. The van der Waals surface area contributed by atoms with Crippen molar-refractivity contribution in [2.24, 2.45) is 0 Å². The van der Waals surface area contributed by atoms with E-state index in [1.807, 2.05) is 0 Å². The first-order valence-corrected chi connectivity index (χ1v) is 2.73. The van der Waals surface area contributed by atoms with E-state index in [1.54, 1.807) is 0 Å². The summed E-state index contributed by atoms with van der Waals surface area (Å²) in [4.78, 5) is 9.53. The van der Waals surface area contributed by atoms with E-state index < -0.39 is 5.97 Å². The summed E-state index contributed by atoms with van der Waals surface area (Å²) in [5, 5.41) is 23.1. The van der Waals surface area contributed by atoms with Crippen LogP contribution in [0.5, 0.6) is 0 Å². The number of carboxylic acid groups (broad SMARTS) is 1. The quantitative estimate of drug-likeness (QED) is 0.477. The van der Waals surface area contributed by atoms with E-state index in [1.165, 1.54) is 6.08 Å². The average molecular weight is 148 g/mol. The van der Waals surface area contributed by atoms with Gasteiger partial charge in [-0.2, -0.15) is 0 Å². The van der Waals surface area contributed by atoms with Crippen LogP contribution < -0.4 is 0 Å². The Hall–Kier alpha value is -0.870. The first kappa shape index (κ1) is 11.9. The molecule has 0 aromatic carbocycles. The second-order valence-electron chi connectivity index (χ2n) is 1.33. The summed E-state index contributed by atoms with van der Waals surface area (Å²) in [6.45, 7) is 2.97. The summed E-state index contributed by atoms with van der Waals surface area (Å²) in [6.07, 6.45) is 1.41. The number of hydrogen-bond donors (Lipinski definition) is 3. The maximum absolute atomic E-state index is 9.53. The molecule has 0 aromatic heterocycles. The molecular formula is C6H12O4. The maximum atomic E-state index is 9.53. The van der Waals surface area contributed by atoms with E-state index in [4.69, 9.17) is 15.3 Å². The first-order valence-electron chi connectivity index (χ1n) is 2.73. The van der Waals surface area contributed by atoms with E-state index in [-0.39, 0.29) is 19.6 Å². The van der Waals surface area contributed by atoms with Crippen molar-refractivity contribution < 1.29 is 20.1 Å². The van der Waals surface area contributed by atoms with Crippen LogP contribution in [0.4, 0.5) is 0 Å². The second-order valence-corrected chi connectivity index (χ2v) is 1.33. The zero-order valence-corrected chi connectivity index (χ0v) is 5.66. The fourth-order valence-corrected chi connectivity index (χ4v) is 0.123. The number of aliphatic carboxylic acids is 1. The van der Waals surface area contributed by atoms with Gasteiger partial charge in [0.2, 0.25) is 0 Å². The lowest BCUT2D eigenvalue weighted by Gasteiger charge is -1.75. The van der Waals surface area contributed by atoms with Gasteiger partial charge in [0.15, 0.2) is 0 Å². The fourth-order valence-electron chi connectivity index (χ4n) is 0.123. The summed E-state index contributed by atoms with van der Waals surface area (Å²) in [7, 11) is 0. The van der Waals surface area contributed by atoms with Crippen LogP contribution >= 0.6 is 0 Å². The largest absolute Gasteiger partial charge is 0.481 e. The fraction of sp³-hybridized carbons (Fsp3) is 0.500. The highest BCUT2D eigenvalue weighted by Gasteiger charge is 1.84. The molecule has 0 aromatic rings. The highest BCUT2D eigenvalue weighted by Crippen LogP contribution is 1.74. The molecule has 60 valence electrons. The Morgan fingerprint density at radius 1 is 1.40 bits per heavy atom. The molecule has 0 unspecified atom stereocenters. The topological polar surface area (TPSA) is 77.8 Å². The van der Waals surface area contributed by atoms with Crippen molar-refractivity contribution >= 4 is 5.97 Å². The highest BCUT2D eigenvalue weighted by atomic mass is 16.4. The normalized spacial score (nSPS) is 7.40. The first-order chi connectivity index (χ1) is 4.68. The molecule has 0 aliphatic rings. The Labute approximate surface area is 59.4 Å². The maximum Gasteiger partial charge on any atom is 0.307 e. The van der Waals surface area contributed by atoms with Gasteiger partial charge in [0.05, 0.1) is 19.6 Å². The van der Waals surface area contributed by atoms with Gasteiger partial charge in [-0.05, 0) is 0 Å². The molecule has 0 atom stereocenters. The molecule has 0 heterocycles. The molecule has 0 aliphatic heterocycles. The molecule has 10 heavy (non-hydrogen) atoms. The van der Waals surface area contributed by atoms with Crippen molar-refractivity contribution in [1.29, 1.82) is 0 Å². The van der Waals surface area contributed by atoms with Gasteiger partial charge in [-0.15, -0.1) is 6.58 Å². The highest BCUT2D eigenvalue weighted by molar-refractivity contribution is 5.68. The SMILES string of the molecule is C=CCC(=O)O.OCCO. The van der Waals surface area contributed by atoms with Gasteiger partial charge >= 0.3 is 5.97 Å². The van der Waals surface area contributed by atoms with Crippen LogP contribution in [0.3, 0.4) is 0 Å². The van der Waals surface area contributed by atoms with E-state index in [0.717, 1.165) is 0 Å². The molecule has 0 spiro atoms. The molecule has 0 amide bonds. The summed E-state index contributed by atoms with van der Waals surface area (Å²) < 4.78 is 0. The average Bonchev–Trinajstić information content (AvgIpc) is 1.89. The van der Waals surface area contributed by atoms with Crippen LogP contribution in [-0.4, -0.2) is 34.5 Å². The van der Waals surface area contributed by atoms with E-state index >= 15 is 0 Å². The molecule has 0 fully saturated rings. The molecule has 0 radical (unpaired) electrons. The van der Waals surface area contributed by atoms with Crippen molar-refractivity contribution in [3.05, 3.63) is 12.7 Å². The minimum atomic E-state index is -0.829. The lowest BCUT2D eigenvalue weighted by molar-refractivity contribution is -0.135. The van der Waals surface area contributed by atoms with E-state index in [9.17, 15) is 4.79 Å². The van der Waals surface area contributed by atoms with Gasteiger partial charge in [-0.1, -0.05) is 6.08 Å². The third-order valence-corrected chi connectivity index (χ3v) is 0.419. The Kier molecular flexibility index (Phi) is 13.1. The zero-order chi connectivity index (χ0) is 8.41.